The molecule has 3 N–H and O–H groups in total. The summed E-state index contributed by atoms with van der Waals surface area (Å²) in [5, 5.41) is 20.7. The average Bonchev–Trinajstić information content (AvgIpc) is 2.42. The van der Waals surface area contributed by atoms with Crippen molar-refractivity contribution in [2.75, 3.05) is 0 Å². The number of carbonyl (C=O) groups is 2. The van der Waals surface area contributed by atoms with E-state index in [1.165, 1.54) is 0 Å². The first-order valence-electron chi connectivity index (χ1n) is 6.30. The summed E-state index contributed by atoms with van der Waals surface area (Å²) in [7, 11) is 0. The van der Waals surface area contributed by atoms with Gasteiger partial charge in [-0.15, -0.1) is 0 Å². The smallest absolute Gasteiger partial charge is 0.407 e. The van der Waals surface area contributed by atoms with Crippen molar-refractivity contribution in [2.24, 2.45) is 5.92 Å². The molecule has 6 nitrogen and oxygen atoms in total. The third-order valence-corrected chi connectivity index (χ3v) is 2.81. The quantitative estimate of drug-likeness (QED) is 0.732. The highest BCUT2D eigenvalue weighted by molar-refractivity contribution is 5.75. The zero-order valence-electron chi connectivity index (χ0n) is 11.4. The largest absolute Gasteiger partial charge is 0.479 e. The van der Waals surface area contributed by atoms with Crippen molar-refractivity contribution in [3.8, 4) is 0 Å². The second-order valence-corrected chi connectivity index (χ2v) is 4.76. The number of carbonyl (C=O) groups excluding carboxylic acids is 1. The molecular weight excluding hydrogens is 262 g/mol. The minimum Gasteiger partial charge on any atom is -0.479 e. The molecule has 1 aromatic carbocycles. The standard InChI is InChI=1S/C14H19NO5/c1-9(2)11(12(16)13(17)18)15-14(19)20-8-10-6-4-3-5-7-10/h3-7,9,11-12,16H,8H2,1-2H3,(H,15,19)(H,17,18)/t11-,12+/m0/s1. The number of carboxylic acids is 1. The van der Waals surface area contributed by atoms with Crippen LogP contribution >= 0.6 is 0 Å². The van der Waals surface area contributed by atoms with Crippen molar-refractivity contribution in [1.29, 1.82) is 0 Å². The van der Waals surface area contributed by atoms with Crippen LogP contribution in [0.25, 0.3) is 0 Å². The van der Waals surface area contributed by atoms with Crippen LogP contribution in [0, 0.1) is 5.92 Å². The van der Waals surface area contributed by atoms with Crippen molar-refractivity contribution >= 4 is 12.1 Å². The SMILES string of the molecule is CC(C)[C@H](NC(=O)OCc1ccccc1)[C@@H](O)C(=O)O. The van der Waals surface area contributed by atoms with Crippen molar-refractivity contribution in [1.82, 2.24) is 5.32 Å². The number of hydrogen-bond acceptors (Lipinski definition) is 4. The molecule has 0 saturated heterocycles. The van der Waals surface area contributed by atoms with Gasteiger partial charge in [-0.25, -0.2) is 9.59 Å². The lowest BCUT2D eigenvalue weighted by atomic mass is 9.99. The molecule has 0 fully saturated rings. The summed E-state index contributed by atoms with van der Waals surface area (Å²) in [6.45, 7) is 3.49. The Morgan fingerprint density at radius 2 is 1.85 bits per heavy atom. The molecule has 0 unspecified atom stereocenters. The Morgan fingerprint density at radius 3 is 2.35 bits per heavy atom. The van der Waals surface area contributed by atoms with Crippen LogP contribution in [0.5, 0.6) is 0 Å². The number of benzene rings is 1. The van der Waals surface area contributed by atoms with Crippen LogP contribution in [-0.4, -0.2) is 34.4 Å². The van der Waals surface area contributed by atoms with E-state index in [1.54, 1.807) is 26.0 Å². The molecule has 1 aromatic rings. The molecule has 0 saturated carbocycles. The Bertz CT molecular complexity index is 446. The number of hydrogen-bond donors (Lipinski definition) is 3. The van der Waals surface area contributed by atoms with Gasteiger partial charge in [-0.05, 0) is 11.5 Å². The second kappa shape index (κ2) is 7.49. The fourth-order valence-corrected chi connectivity index (χ4v) is 1.66. The van der Waals surface area contributed by atoms with Crippen LogP contribution in [-0.2, 0) is 16.1 Å². The van der Waals surface area contributed by atoms with Crippen LogP contribution in [0.15, 0.2) is 30.3 Å². The van der Waals surface area contributed by atoms with Gasteiger partial charge < -0.3 is 20.3 Å². The van der Waals surface area contributed by atoms with Crippen molar-refractivity contribution < 1.29 is 24.5 Å². The summed E-state index contributed by atoms with van der Waals surface area (Å²) in [4.78, 5) is 22.4. The molecule has 110 valence electrons. The van der Waals surface area contributed by atoms with Gasteiger partial charge >= 0.3 is 12.1 Å². The molecular formula is C14H19NO5. The Morgan fingerprint density at radius 1 is 1.25 bits per heavy atom. The molecule has 6 heteroatoms. The van der Waals surface area contributed by atoms with E-state index in [0.29, 0.717) is 0 Å². The van der Waals surface area contributed by atoms with E-state index in [4.69, 9.17) is 9.84 Å². The lowest BCUT2D eigenvalue weighted by Crippen LogP contribution is -2.50. The van der Waals surface area contributed by atoms with Gasteiger partial charge in [0.05, 0.1) is 6.04 Å². The van der Waals surface area contributed by atoms with Gasteiger partial charge in [0.1, 0.15) is 6.61 Å². The van der Waals surface area contributed by atoms with E-state index in [1.807, 2.05) is 18.2 Å². The fourth-order valence-electron chi connectivity index (χ4n) is 1.66. The topological polar surface area (TPSA) is 95.9 Å². The van der Waals surface area contributed by atoms with Gasteiger partial charge in [0.25, 0.3) is 0 Å². The summed E-state index contributed by atoms with van der Waals surface area (Å²) >= 11 is 0. The minimum atomic E-state index is -1.67. The summed E-state index contributed by atoms with van der Waals surface area (Å²) in [5.74, 6) is -1.63. The number of alkyl carbamates (subject to hydrolysis) is 1. The van der Waals surface area contributed by atoms with Gasteiger partial charge in [0.2, 0.25) is 0 Å². The van der Waals surface area contributed by atoms with Crippen molar-refractivity contribution in [2.45, 2.75) is 32.6 Å². The maximum Gasteiger partial charge on any atom is 0.407 e. The summed E-state index contributed by atoms with van der Waals surface area (Å²) in [5.41, 5.74) is 0.822. The molecule has 1 amide bonds. The highest BCUT2D eigenvalue weighted by Gasteiger charge is 2.30. The lowest BCUT2D eigenvalue weighted by Gasteiger charge is -2.24. The van der Waals surface area contributed by atoms with Crippen LogP contribution < -0.4 is 5.32 Å². The van der Waals surface area contributed by atoms with E-state index >= 15 is 0 Å². The number of rotatable bonds is 6. The van der Waals surface area contributed by atoms with E-state index in [-0.39, 0.29) is 12.5 Å². The summed E-state index contributed by atoms with van der Waals surface area (Å²) < 4.78 is 4.98. The second-order valence-electron chi connectivity index (χ2n) is 4.76. The first kappa shape index (κ1) is 16.0. The highest BCUT2D eigenvalue weighted by atomic mass is 16.5. The Balaban J connectivity index is 2.52. The summed E-state index contributed by atoms with van der Waals surface area (Å²) in [6, 6.07) is 8.19. The molecule has 0 spiro atoms. The molecule has 0 aromatic heterocycles. The van der Waals surface area contributed by atoms with Crippen molar-refractivity contribution in [3.63, 3.8) is 0 Å². The predicted octanol–water partition coefficient (Wildman–Crippen LogP) is 1.38. The maximum absolute atomic E-state index is 11.6. The van der Waals surface area contributed by atoms with Gasteiger partial charge in [-0.2, -0.15) is 0 Å². The van der Waals surface area contributed by atoms with Gasteiger partial charge in [-0.1, -0.05) is 44.2 Å². The molecule has 0 radical (unpaired) electrons. The first-order valence-corrected chi connectivity index (χ1v) is 6.30. The van der Waals surface area contributed by atoms with Gasteiger partial charge in [-0.3, -0.25) is 0 Å². The van der Waals surface area contributed by atoms with Crippen LogP contribution in [0.2, 0.25) is 0 Å². The van der Waals surface area contributed by atoms with Crippen LogP contribution in [0.1, 0.15) is 19.4 Å². The highest BCUT2D eigenvalue weighted by Crippen LogP contribution is 2.08. The van der Waals surface area contributed by atoms with Gasteiger partial charge in [0, 0.05) is 0 Å². The number of amides is 1. The fraction of sp³-hybridized carbons (Fsp3) is 0.429. The average molecular weight is 281 g/mol. The lowest BCUT2D eigenvalue weighted by molar-refractivity contribution is -0.148. The zero-order valence-corrected chi connectivity index (χ0v) is 11.4. The first-order chi connectivity index (χ1) is 9.41. The summed E-state index contributed by atoms with van der Waals surface area (Å²) in [6.07, 6.45) is -2.42. The number of nitrogens with one attached hydrogen (secondary N) is 1. The molecule has 0 aliphatic rings. The van der Waals surface area contributed by atoms with Crippen molar-refractivity contribution in [3.05, 3.63) is 35.9 Å². The predicted molar refractivity (Wildman–Crippen MR) is 72.0 cm³/mol. The number of aliphatic hydroxyl groups is 1. The maximum atomic E-state index is 11.6. The minimum absolute atomic E-state index is 0.0840. The number of carboxylic acid groups (broad SMARTS) is 1. The normalized spacial score (nSPS) is 13.6. The number of aliphatic hydroxyl groups excluding tert-OH is 1. The molecule has 0 aliphatic carbocycles. The monoisotopic (exact) mass is 281 g/mol. The molecule has 2 atom stereocenters. The molecule has 0 bridgehead atoms. The Kier molecular flexibility index (Phi) is 5.99. The molecule has 0 aliphatic heterocycles. The van der Waals surface area contributed by atoms with Crippen LogP contribution in [0.3, 0.4) is 0 Å². The Hall–Kier alpha value is -2.08. The van der Waals surface area contributed by atoms with E-state index in [9.17, 15) is 14.7 Å². The zero-order chi connectivity index (χ0) is 15.1. The Labute approximate surface area is 117 Å². The van der Waals surface area contributed by atoms with Crippen LogP contribution in [0.4, 0.5) is 4.79 Å². The number of ether oxygens (including phenoxy) is 1. The molecule has 1 rings (SSSR count). The third kappa shape index (κ3) is 4.89. The van der Waals surface area contributed by atoms with Gasteiger partial charge in [0.15, 0.2) is 6.10 Å². The van der Waals surface area contributed by atoms with E-state index in [0.717, 1.165) is 5.56 Å². The van der Waals surface area contributed by atoms with E-state index in [2.05, 4.69) is 5.32 Å². The molecule has 0 heterocycles. The number of aliphatic carboxylic acids is 1. The third-order valence-electron chi connectivity index (χ3n) is 2.81. The molecule has 20 heavy (non-hydrogen) atoms. The van der Waals surface area contributed by atoms with E-state index < -0.39 is 24.2 Å².